The fourth-order valence-corrected chi connectivity index (χ4v) is 3.20. The van der Waals surface area contributed by atoms with Crippen molar-refractivity contribution in [1.29, 1.82) is 0 Å². The number of carbonyl (C=O) groups excluding carboxylic acids is 2. The molecule has 0 aromatic carbocycles. The van der Waals surface area contributed by atoms with Gasteiger partial charge in [-0.25, -0.2) is 0 Å². The van der Waals surface area contributed by atoms with Crippen LogP contribution >= 0.6 is 0 Å². The van der Waals surface area contributed by atoms with Gasteiger partial charge in [-0.3, -0.25) is 9.59 Å². The van der Waals surface area contributed by atoms with Crippen LogP contribution in [0.1, 0.15) is 51.9 Å². The Morgan fingerprint density at radius 2 is 1.79 bits per heavy atom. The van der Waals surface area contributed by atoms with Gasteiger partial charge in [-0.05, 0) is 32.6 Å². The zero-order valence-corrected chi connectivity index (χ0v) is 8.84. The lowest BCUT2D eigenvalue weighted by molar-refractivity contribution is -0.141. The minimum absolute atomic E-state index is 0.0748. The van der Waals surface area contributed by atoms with Crippen LogP contribution in [0.4, 0.5) is 0 Å². The third kappa shape index (κ3) is 1.41. The van der Waals surface area contributed by atoms with E-state index < -0.39 is 0 Å². The Morgan fingerprint density at radius 3 is 2.36 bits per heavy atom. The summed E-state index contributed by atoms with van der Waals surface area (Å²) in [6, 6.07) is 0. The van der Waals surface area contributed by atoms with Gasteiger partial charge in [0.25, 0.3) is 0 Å². The van der Waals surface area contributed by atoms with Crippen molar-refractivity contribution in [3.05, 3.63) is 0 Å². The van der Waals surface area contributed by atoms with Crippen molar-refractivity contribution < 1.29 is 9.59 Å². The Kier molecular flexibility index (Phi) is 2.46. The maximum absolute atomic E-state index is 12.2. The maximum Gasteiger partial charge on any atom is 0.149 e. The molecule has 2 saturated carbocycles. The highest BCUT2D eigenvalue weighted by molar-refractivity contribution is 6.04. The average molecular weight is 194 g/mol. The molecule has 2 fully saturated rings. The van der Waals surface area contributed by atoms with E-state index in [1.165, 1.54) is 12.8 Å². The van der Waals surface area contributed by atoms with Crippen LogP contribution in [-0.4, -0.2) is 11.6 Å². The highest BCUT2D eigenvalue weighted by atomic mass is 16.2. The van der Waals surface area contributed by atoms with Crippen LogP contribution in [0, 0.1) is 11.3 Å². The van der Waals surface area contributed by atoms with Crippen LogP contribution in [0.25, 0.3) is 0 Å². The first-order valence-electron chi connectivity index (χ1n) is 5.70. The van der Waals surface area contributed by atoms with E-state index in [1.54, 1.807) is 6.92 Å². The first kappa shape index (κ1) is 9.88. The quantitative estimate of drug-likeness (QED) is 0.601. The molecule has 1 unspecified atom stereocenters. The van der Waals surface area contributed by atoms with Gasteiger partial charge < -0.3 is 0 Å². The molecule has 0 bridgehead atoms. The number of rotatable bonds is 1. The molecule has 2 aliphatic rings. The first-order chi connectivity index (χ1) is 6.66. The predicted octanol–water partition coefficient (Wildman–Crippen LogP) is 2.51. The lowest BCUT2D eigenvalue weighted by Crippen LogP contribution is -2.40. The summed E-state index contributed by atoms with van der Waals surface area (Å²) in [5, 5.41) is 0. The first-order valence-corrected chi connectivity index (χ1v) is 5.70. The van der Waals surface area contributed by atoms with Crippen molar-refractivity contribution in [2.24, 2.45) is 11.3 Å². The number of hydrogen-bond donors (Lipinski definition) is 0. The Morgan fingerprint density at radius 1 is 1.21 bits per heavy atom. The molecule has 2 nitrogen and oxygen atoms in total. The van der Waals surface area contributed by atoms with Crippen molar-refractivity contribution in [2.45, 2.75) is 51.9 Å². The number of hydrogen-bond acceptors (Lipinski definition) is 2. The standard InChI is InChI=1S/C12H18O2/c1-9(13)10-5-4-8-12(11(10)14)6-2-3-7-12/h10H,2-8H2,1H3. The van der Waals surface area contributed by atoms with Crippen molar-refractivity contribution >= 4 is 11.6 Å². The highest BCUT2D eigenvalue weighted by Gasteiger charge is 2.47. The SMILES string of the molecule is CC(=O)C1CCCC2(CCCC2)C1=O. The smallest absolute Gasteiger partial charge is 0.149 e. The molecule has 0 N–H and O–H groups in total. The molecule has 14 heavy (non-hydrogen) atoms. The van der Waals surface area contributed by atoms with E-state index in [0.717, 1.165) is 32.1 Å². The lowest BCUT2D eigenvalue weighted by Gasteiger charge is -2.35. The number of ketones is 2. The summed E-state index contributed by atoms with van der Waals surface area (Å²) in [6.07, 6.45) is 7.33. The van der Waals surface area contributed by atoms with Gasteiger partial charge in [-0.2, -0.15) is 0 Å². The van der Waals surface area contributed by atoms with Gasteiger partial charge in [0, 0.05) is 5.41 Å². The zero-order valence-electron chi connectivity index (χ0n) is 8.84. The second-order valence-electron chi connectivity index (χ2n) is 4.91. The molecule has 0 saturated heterocycles. The number of carbonyl (C=O) groups is 2. The molecule has 2 aliphatic carbocycles. The van der Waals surface area contributed by atoms with Crippen molar-refractivity contribution in [1.82, 2.24) is 0 Å². The predicted molar refractivity (Wildman–Crippen MR) is 53.9 cm³/mol. The van der Waals surface area contributed by atoms with E-state index >= 15 is 0 Å². The summed E-state index contributed by atoms with van der Waals surface area (Å²) >= 11 is 0. The molecule has 0 aromatic rings. The van der Waals surface area contributed by atoms with Crippen LogP contribution in [0.15, 0.2) is 0 Å². The van der Waals surface area contributed by atoms with E-state index in [0.29, 0.717) is 0 Å². The summed E-state index contributed by atoms with van der Waals surface area (Å²) in [7, 11) is 0. The molecular formula is C12H18O2. The topological polar surface area (TPSA) is 34.1 Å². The van der Waals surface area contributed by atoms with Crippen LogP contribution in [0.3, 0.4) is 0 Å². The maximum atomic E-state index is 12.2. The summed E-state index contributed by atoms with van der Waals surface area (Å²) < 4.78 is 0. The van der Waals surface area contributed by atoms with Crippen LogP contribution < -0.4 is 0 Å². The van der Waals surface area contributed by atoms with E-state index in [4.69, 9.17) is 0 Å². The molecule has 1 atom stereocenters. The van der Waals surface area contributed by atoms with Crippen molar-refractivity contribution in [2.75, 3.05) is 0 Å². The summed E-state index contributed by atoms with van der Waals surface area (Å²) in [5.74, 6) is 0.0941. The lowest BCUT2D eigenvalue weighted by atomic mass is 9.66. The Balaban J connectivity index is 2.20. The van der Waals surface area contributed by atoms with E-state index in [-0.39, 0.29) is 22.9 Å². The molecule has 0 aromatic heterocycles. The minimum Gasteiger partial charge on any atom is -0.299 e. The largest absolute Gasteiger partial charge is 0.299 e. The van der Waals surface area contributed by atoms with E-state index in [1.807, 2.05) is 0 Å². The van der Waals surface area contributed by atoms with Gasteiger partial charge in [0.1, 0.15) is 11.6 Å². The molecule has 0 heterocycles. The number of Topliss-reactive ketones (excluding diaryl/α,β-unsaturated/α-hetero) is 2. The molecule has 1 spiro atoms. The van der Waals surface area contributed by atoms with Crippen LogP contribution in [0.5, 0.6) is 0 Å². The highest BCUT2D eigenvalue weighted by Crippen LogP contribution is 2.48. The normalized spacial score (nSPS) is 30.9. The zero-order chi connectivity index (χ0) is 10.2. The van der Waals surface area contributed by atoms with Crippen molar-refractivity contribution in [3.8, 4) is 0 Å². The van der Waals surface area contributed by atoms with E-state index in [2.05, 4.69) is 0 Å². The summed E-state index contributed by atoms with van der Waals surface area (Å²) in [4.78, 5) is 23.5. The average Bonchev–Trinajstić information content (AvgIpc) is 2.59. The molecule has 78 valence electrons. The second kappa shape index (κ2) is 3.48. The van der Waals surface area contributed by atoms with Gasteiger partial charge >= 0.3 is 0 Å². The summed E-state index contributed by atoms with van der Waals surface area (Å²) in [5.41, 5.74) is -0.0748. The minimum atomic E-state index is -0.262. The molecule has 0 aliphatic heterocycles. The molecule has 0 amide bonds. The molecule has 2 rings (SSSR count). The monoisotopic (exact) mass is 194 g/mol. The van der Waals surface area contributed by atoms with Crippen LogP contribution in [-0.2, 0) is 9.59 Å². The third-order valence-corrected chi connectivity index (χ3v) is 4.04. The fourth-order valence-electron chi connectivity index (χ4n) is 3.20. The van der Waals surface area contributed by atoms with Gasteiger partial charge in [0.2, 0.25) is 0 Å². The van der Waals surface area contributed by atoms with Gasteiger partial charge in [-0.15, -0.1) is 0 Å². The third-order valence-electron chi connectivity index (χ3n) is 4.04. The Hall–Kier alpha value is -0.660. The second-order valence-corrected chi connectivity index (χ2v) is 4.91. The van der Waals surface area contributed by atoms with E-state index in [9.17, 15) is 9.59 Å². The van der Waals surface area contributed by atoms with Gasteiger partial charge in [-0.1, -0.05) is 19.3 Å². The van der Waals surface area contributed by atoms with Gasteiger partial charge in [0.15, 0.2) is 0 Å². The molecule has 0 radical (unpaired) electrons. The Bertz CT molecular complexity index is 261. The Labute approximate surface area is 85.1 Å². The van der Waals surface area contributed by atoms with Crippen molar-refractivity contribution in [3.63, 3.8) is 0 Å². The fraction of sp³-hybridized carbons (Fsp3) is 0.833. The van der Waals surface area contributed by atoms with Gasteiger partial charge in [0.05, 0.1) is 5.92 Å². The molecular weight excluding hydrogens is 176 g/mol. The van der Waals surface area contributed by atoms with Crippen LogP contribution in [0.2, 0.25) is 0 Å². The molecule has 2 heteroatoms. The summed E-state index contributed by atoms with van der Waals surface area (Å²) in [6.45, 7) is 1.57.